The number of benzene rings is 1. The summed E-state index contributed by atoms with van der Waals surface area (Å²) in [4.78, 5) is 26.1. The number of aryl methyl sites for hydroxylation is 2. The zero-order valence-corrected chi connectivity index (χ0v) is 17.4. The highest BCUT2D eigenvalue weighted by Gasteiger charge is 2.21. The summed E-state index contributed by atoms with van der Waals surface area (Å²) in [6.07, 6.45) is 0. The van der Waals surface area contributed by atoms with E-state index in [0.29, 0.717) is 19.0 Å². The summed E-state index contributed by atoms with van der Waals surface area (Å²) in [5.41, 5.74) is 3.38. The van der Waals surface area contributed by atoms with E-state index in [-0.39, 0.29) is 5.91 Å². The maximum Gasteiger partial charge on any atom is 0.234 e. The first-order chi connectivity index (χ1) is 13.4. The van der Waals surface area contributed by atoms with Crippen LogP contribution >= 0.6 is 0 Å². The summed E-state index contributed by atoms with van der Waals surface area (Å²) in [5.74, 6) is 2.29. The number of nitrogens with zero attached hydrogens (tertiary/aromatic N) is 4. The second-order valence-electron chi connectivity index (χ2n) is 7.85. The lowest BCUT2D eigenvalue weighted by molar-refractivity contribution is -0.122. The Labute approximate surface area is 168 Å². The fourth-order valence-corrected chi connectivity index (χ4v) is 3.39. The first-order valence-electron chi connectivity index (χ1n) is 10.1. The third kappa shape index (κ3) is 5.29. The van der Waals surface area contributed by atoms with E-state index in [9.17, 15) is 4.79 Å². The molecule has 1 aromatic heterocycles. The van der Waals surface area contributed by atoms with Crippen molar-refractivity contribution >= 4 is 11.7 Å². The first-order valence-corrected chi connectivity index (χ1v) is 10.1. The molecule has 0 radical (unpaired) electrons. The van der Waals surface area contributed by atoms with Gasteiger partial charge < -0.3 is 10.2 Å². The molecule has 3 rings (SSSR count). The van der Waals surface area contributed by atoms with E-state index in [1.807, 2.05) is 19.1 Å². The smallest absolute Gasteiger partial charge is 0.234 e. The van der Waals surface area contributed by atoms with Crippen LogP contribution in [0.5, 0.6) is 0 Å². The Morgan fingerprint density at radius 3 is 2.50 bits per heavy atom. The molecule has 1 amide bonds. The van der Waals surface area contributed by atoms with Crippen molar-refractivity contribution in [3.8, 4) is 0 Å². The monoisotopic (exact) mass is 381 g/mol. The number of rotatable bonds is 6. The van der Waals surface area contributed by atoms with Gasteiger partial charge in [0.1, 0.15) is 11.6 Å². The lowest BCUT2D eigenvalue weighted by Crippen LogP contribution is -2.49. The molecule has 0 spiro atoms. The minimum absolute atomic E-state index is 0.0803. The van der Waals surface area contributed by atoms with Gasteiger partial charge in [-0.3, -0.25) is 9.69 Å². The highest BCUT2D eigenvalue weighted by molar-refractivity contribution is 5.78. The van der Waals surface area contributed by atoms with Crippen molar-refractivity contribution in [2.75, 3.05) is 37.6 Å². The quantitative estimate of drug-likeness (QED) is 0.834. The molecule has 6 nitrogen and oxygen atoms in total. The summed E-state index contributed by atoms with van der Waals surface area (Å²) in [6, 6.07) is 10.2. The molecule has 1 aliphatic heterocycles. The second-order valence-corrected chi connectivity index (χ2v) is 7.85. The number of anilines is 1. The molecule has 1 N–H and O–H groups in total. The van der Waals surface area contributed by atoms with Gasteiger partial charge in [0, 0.05) is 50.4 Å². The van der Waals surface area contributed by atoms with Crippen LogP contribution in [-0.4, -0.2) is 53.5 Å². The summed E-state index contributed by atoms with van der Waals surface area (Å²) in [5, 5.41) is 3.04. The van der Waals surface area contributed by atoms with E-state index in [0.717, 1.165) is 43.5 Å². The van der Waals surface area contributed by atoms with Crippen LogP contribution in [0.3, 0.4) is 0 Å². The van der Waals surface area contributed by atoms with Crippen molar-refractivity contribution in [1.29, 1.82) is 0 Å². The number of amides is 1. The number of carbonyl (C=O) groups is 1. The Morgan fingerprint density at radius 1 is 1.11 bits per heavy atom. The van der Waals surface area contributed by atoms with Crippen LogP contribution in [0.25, 0.3) is 0 Å². The van der Waals surface area contributed by atoms with Gasteiger partial charge in [-0.15, -0.1) is 0 Å². The number of hydrogen-bond donors (Lipinski definition) is 1. The molecule has 0 atom stereocenters. The molecule has 28 heavy (non-hydrogen) atoms. The average Bonchev–Trinajstić information content (AvgIpc) is 2.67. The lowest BCUT2D eigenvalue weighted by Gasteiger charge is -2.35. The second kappa shape index (κ2) is 9.15. The lowest BCUT2D eigenvalue weighted by atomic mass is 10.1. The van der Waals surface area contributed by atoms with Crippen molar-refractivity contribution in [3.05, 3.63) is 53.0 Å². The Kier molecular flexibility index (Phi) is 6.62. The van der Waals surface area contributed by atoms with E-state index < -0.39 is 0 Å². The van der Waals surface area contributed by atoms with Gasteiger partial charge >= 0.3 is 0 Å². The summed E-state index contributed by atoms with van der Waals surface area (Å²) in [6.45, 7) is 12.8. The van der Waals surface area contributed by atoms with Crippen molar-refractivity contribution < 1.29 is 4.79 Å². The molecule has 0 saturated carbocycles. The highest BCUT2D eigenvalue weighted by atomic mass is 16.2. The van der Waals surface area contributed by atoms with Gasteiger partial charge in [-0.05, 0) is 25.0 Å². The largest absolute Gasteiger partial charge is 0.354 e. The third-order valence-electron chi connectivity index (χ3n) is 5.18. The van der Waals surface area contributed by atoms with Crippen LogP contribution in [0.2, 0.25) is 0 Å². The molecule has 1 aliphatic rings. The Balaban J connectivity index is 1.49. The molecular formula is C22H31N5O. The van der Waals surface area contributed by atoms with Crippen molar-refractivity contribution in [1.82, 2.24) is 20.2 Å². The van der Waals surface area contributed by atoms with Gasteiger partial charge in [0.2, 0.25) is 5.91 Å². The van der Waals surface area contributed by atoms with E-state index in [1.165, 1.54) is 11.1 Å². The van der Waals surface area contributed by atoms with E-state index in [4.69, 9.17) is 4.98 Å². The Hall–Kier alpha value is -2.47. The van der Waals surface area contributed by atoms with Crippen molar-refractivity contribution in [3.63, 3.8) is 0 Å². The SMILES string of the molecule is Cc1cc(N2CCN(CC(=O)NCc3ccccc3C)CC2)nc(C(C)C)n1. The van der Waals surface area contributed by atoms with Crippen molar-refractivity contribution in [2.45, 2.75) is 40.2 Å². The van der Waals surface area contributed by atoms with Crippen molar-refractivity contribution in [2.24, 2.45) is 0 Å². The van der Waals surface area contributed by atoms with Crippen LogP contribution in [0.15, 0.2) is 30.3 Å². The summed E-state index contributed by atoms with van der Waals surface area (Å²) in [7, 11) is 0. The predicted molar refractivity (Wildman–Crippen MR) is 113 cm³/mol. The van der Waals surface area contributed by atoms with Crippen LogP contribution in [0, 0.1) is 13.8 Å². The standard InChI is InChI=1S/C22H31N5O/c1-16(2)22-24-18(4)13-20(25-22)27-11-9-26(10-12-27)15-21(28)23-14-19-8-6-5-7-17(19)3/h5-8,13,16H,9-12,14-15H2,1-4H3,(H,23,28). The maximum absolute atomic E-state index is 12.3. The molecule has 0 aliphatic carbocycles. The molecule has 150 valence electrons. The molecular weight excluding hydrogens is 350 g/mol. The molecule has 0 unspecified atom stereocenters. The minimum Gasteiger partial charge on any atom is -0.354 e. The van der Waals surface area contributed by atoms with E-state index in [2.05, 4.69) is 59.1 Å². The maximum atomic E-state index is 12.3. The topological polar surface area (TPSA) is 61.4 Å². The number of hydrogen-bond acceptors (Lipinski definition) is 5. The molecule has 2 aromatic rings. The normalized spacial score (nSPS) is 15.1. The van der Waals surface area contributed by atoms with Gasteiger partial charge in [-0.1, -0.05) is 38.1 Å². The van der Waals surface area contributed by atoms with Gasteiger partial charge in [-0.25, -0.2) is 9.97 Å². The Morgan fingerprint density at radius 2 is 1.82 bits per heavy atom. The van der Waals surface area contributed by atoms with E-state index >= 15 is 0 Å². The molecule has 1 aromatic carbocycles. The van der Waals surface area contributed by atoms with Crippen LogP contribution in [0.4, 0.5) is 5.82 Å². The molecule has 1 saturated heterocycles. The fourth-order valence-electron chi connectivity index (χ4n) is 3.39. The predicted octanol–water partition coefficient (Wildman–Crippen LogP) is 2.66. The summed E-state index contributed by atoms with van der Waals surface area (Å²) >= 11 is 0. The van der Waals surface area contributed by atoms with Crippen LogP contribution < -0.4 is 10.2 Å². The van der Waals surface area contributed by atoms with E-state index in [1.54, 1.807) is 0 Å². The van der Waals surface area contributed by atoms with Gasteiger partial charge in [0.25, 0.3) is 0 Å². The molecule has 6 heteroatoms. The van der Waals surface area contributed by atoms with Gasteiger partial charge in [0.15, 0.2) is 0 Å². The number of piperazine rings is 1. The number of aromatic nitrogens is 2. The molecule has 0 bridgehead atoms. The molecule has 2 heterocycles. The first kappa shape index (κ1) is 20.3. The average molecular weight is 382 g/mol. The van der Waals surface area contributed by atoms with Gasteiger partial charge in [0.05, 0.1) is 6.54 Å². The minimum atomic E-state index is 0.0803. The zero-order valence-electron chi connectivity index (χ0n) is 17.4. The van der Waals surface area contributed by atoms with Gasteiger partial charge in [-0.2, -0.15) is 0 Å². The number of nitrogens with one attached hydrogen (secondary N) is 1. The van der Waals surface area contributed by atoms with Crippen LogP contribution in [0.1, 0.15) is 42.4 Å². The summed E-state index contributed by atoms with van der Waals surface area (Å²) < 4.78 is 0. The Bertz CT molecular complexity index is 812. The molecule has 1 fully saturated rings. The number of carbonyl (C=O) groups excluding carboxylic acids is 1. The fraction of sp³-hybridized carbons (Fsp3) is 0.500. The third-order valence-corrected chi connectivity index (χ3v) is 5.18. The van der Waals surface area contributed by atoms with Crippen LogP contribution in [-0.2, 0) is 11.3 Å². The zero-order chi connectivity index (χ0) is 20.1. The highest BCUT2D eigenvalue weighted by Crippen LogP contribution is 2.18.